The van der Waals surface area contributed by atoms with Crippen LogP contribution in [-0.4, -0.2) is 34.8 Å². The van der Waals surface area contributed by atoms with Crippen molar-refractivity contribution in [3.8, 4) is 0 Å². The fraction of sp³-hybridized carbons (Fsp3) is 0.550. The SMILES string of the molecule is CC(NC(=O)CN1C(=O)NC2(CCCCC2C)C1=O)c1cccc(C(F)(F)F)c1. The van der Waals surface area contributed by atoms with Crippen molar-refractivity contribution in [2.45, 2.75) is 57.3 Å². The lowest BCUT2D eigenvalue weighted by Crippen LogP contribution is -2.54. The van der Waals surface area contributed by atoms with Crippen LogP contribution in [-0.2, 0) is 15.8 Å². The minimum atomic E-state index is -4.48. The van der Waals surface area contributed by atoms with Crippen LogP contribution in [0.4, 0.5) is 18.0 Å². The minimum absolute atomic E-state index is 0.0233. The molecule has 2 fully saturated rings. The van der Waals surface area contributed by atoms with Crippen LogP contribution in [0, 0.1) is 5.92 Å². The monoisotopic (exact) mass is 411 g/mol. The van der Waals surface area contributed by atoms with Gasteiger partial charge in [-0.2, -0.15) is 13.2 Å². The molecule has 1 aliphatic carbocycles. The number of nitrogens with zero attached hydrogens (tertiary/aromatic N) is 1. The van der Waals surface area contributed by atoms with Gasteiger partial charge in [-0.25, -0.2) is 4.79 Å². The molecule has 1 saturated carbocycles. The number of carbonyl (C=O) groups is 3. The Morgan fingerprint density at radius 1 is 1.34 bits per heavy atom. The summed E-state index contributed by atoms with van der Waals surface area (Å²) in [5, 5.41) is 5.33. The molecule has 29 heavy (non-hydrogen) atoms. The second-order valence-electron chi connectivity index (χ2n) is 7.85. The topological polar surface area (TPSA) is 78.5 Å². The zero-order chi connectivity index (χ0) is 21.4. The Balaban J connectivity index is 1.66. The molecule has 3 unspecified atom stereocenters. The van der Waals surface area contributed by atoms with E-state index in [0.717, 1.165) is 36.3 Å². The van der Waals surface area contributed by atoms with Gasteiger partial charge < -0.3 is 10.6 Å². The normalized spacial score (nSPS) is 25.8. The van der Waals surface area contributed by atoms with E-state index in [1.807, 2.05) is 6.92 Å². The summed E-state index contributed by atoms with van der Waals surface area (Å²) in [6, 6.07) is 3.35. The van der Waals surface area contributed by atoms with Gasteiger partial charge in [0, 0.05) is 0 Å². The molecule has 3 atom stereocenters. The first-order valence-corrected chi connectivity index (χ1v) is 9.65. The molecule has 3 rings (SSSR count). The Hall–Kier alpha value is -2.58. The third-order valence-electron chi connectivity index (χ3n) is 5.89. The molecular weight excluding hydrogens is 387 g/mol. The molecular formula is C20H24F3N3O3. The summed E-state index contributed by atoms with van der Waals surface area (Å²) in [6.45, 7) is 2.99. The van der Waals surface area contributed by atoms with Gasteiger partial charge in [0.05, 0.1) is 11.6 Å². The molecule has 158 valence electrons. The lowest BCUT2D eigenvalue weighted by molar-refractivity contribution is -0.138. The number of benzene rings is 1. The average molecular weight is 411 g/mol. The molecule has 0 aromatic heterocycles. The summed E-state index contributed by atoms with van der Waals surface area (Å²) in [5.74, 6) is -1.04. The molecule has 1 saturated heterocycles. The largest absolute Gasteiger partial charge is 0.416 e. The smallest absolute Gasteiger partial charge is 0.348 e. The Labute approximate surface area is 166 Å². The van der Waals surface area contributed by atoms with Gasteiger partial charge in [0.1, 0.15) is 12.1 Å². The van der Waals surface area contributed by atoms with E-state index in [2.05, 4.69) is 10.6 Å². The van der Waals surface area contributed by atoms with Gasteiger partial charge in [0.2, 0.25) is 5.91 Å². The lowest BCUT2D eigenvalue weighted by Gasteiger charge is -2.36. The number of hydrogen-bond acceptors (Lipinski definition) is 3. The van der Waals surface area contributed by atoms with Crippen molar-refractivity contribution in [1.29, 1.82) is 0 Å². The van der Waals surface area contributed by atoms with E-state index in [1.165, 1.54) is 12.1 Å². The number of hydrogen-bond donors (Lipinski definition) is 2. The molecule has 2 aliphatic rings. The fourth-order valence-electron chi connectivity index (χ4n) is 4.14. The van der Waals surface area contributed by atoms with Gasteiger partial charge in [0.25, 0.3) is 5.91 Å². The second-order valence-corrected chi connectivity index (χ2v) is 7.85. The minimum Gasteiger partial charge on any atom is -0.348 e. The van der Waals surface area contributed by atoms with Gasteiger partial charge in [0.15, 0.2) is 0 Å². The van der Waals surface area contributed by atoms with Crippen molar-refractivity contribution in [1.82, 2.24) is 15.5 Å². The summed E-state index contributed by atoms with van der Waals surface area (Å²) in [7, 11) is 0. The van der Waals surface area contributed by atoms with E-state index in [0.29, 0.717) is 6.42 Å². The molecule has 6 nitrogen and oxygen atoms in total. The maximum absolute atomic E-state index is 12.9. The summed E-state index contributed by atoms with van der Waals surface area (Å²) >= 11 is 0. The fourth-order valence-corrected chi connectivity index (χ4v) is 4.14. The van der Waals surface area contributed by atoms with Crippen molar-refractivity contribution in [2.75, 3.05) is 6.54 Å². The highest BCUT2D eigenvalue weighted by Crippen LogP contribution is 2.38. The third kappa shape index (κ3) is 4.09. The highest BCUT2D eigenvalue weighted by Gasteiger charge is 2.55. The van der Waals surface area contributed by atoms with Gasteiger partial charge >= 0.3 is 12.2 Å². The van der Waals surface area contributed by atoms with Crippen molar-refractivity contribution in [3.05, 3.63) is 35.4 Å². The number of imide groups is 1. The van der Waals surface area contributed by atoms with Crippen molar-refractivity contribution in [2.24, 2.45) is 5.92 Å². The predicted molar refractivity (Wildman–Crippen MR) is 98.6 cm³/mol. The van der Waals surface area contributed by atoms with Crippen LogP contribution >= 0.6 is 0 Å². The highest BCUT2D eigenvalue weighted by atomic mass is 19.4. The lowest BCUT2D eigenvalue weighted by atomic mass is 9.73. The van der Waals surface area contributed by atoms with E-state index in [-0.39, 0.29) is 11.5 Å². The van der Waals surface area contributed by atoms with E-state index >= 15 is 0 Å². The van der Waals surface area contributed by atoms with Crippen LogP contribution in [0.25, 0.3) is 0 Å². The van der Waals surface area contributed by atoms with Gasteiger partial charge in [-0.05, 0) is 43.4 Å². The molecule has 1 aromatic rings. The first-order chi connectivity index (χ1) is 13.5. The molecule has 2 N–H and O–H groups in total. The van der Waals surface area contributed by atoms with Gasteiger partial charge in [-0.1, -0.05) is 31.9 Å². The van der Waals surface area contributed by atoms with Gasteiger partial charge in [-0.3, -0.25) is 14.5 Å². The molecule has 0 radical (unpaired) electrons. The standard InChI is InChI=1S/C20H24F3N3O3/c1-12-6-3-4-9-19(12)17(28)26(18(29)25-19)11-16(27)24-13(2)14-7-5-8-15(10-14)20(21,22)23/h5,7-8,10,12-13H,3-4,6,9,11H2,1-2H3,(H,24,27)(H,25,29). The number of urea groups is 1. The average Bonchev–Trinajstić information content (AvgIpc) is 2.88. The number of halogens is 3. The van der Waals surface area contributed by atoms with E-state index in [9.17, 15) is 27.6 Å². The highest BCUT2D eigenvalue weighted by molar-refractivity contribution is 6.09. The van der Waals surface area contributed by atoms with Crippen LogP contribution in [0.2, 0.25) is 0 Å². The summed E-state index contributed by atoms with van der Waals surface area (Å²) in [6.07, 6.45) is -1.31. The first kappa shape index (κ1) is 21.1. The maximum atomic E-state index is 12.9. The summed E-state index contributed by atoms with van der Waals surface area (Å²) in [5.41, 5.74) is -1.48. The van der Waals surface area contributed by atoms with Crippen molar-refractivity contribution >= 4 is 17.8 Å². The van der Waals surface area contributed by atoms with Gasteiger partial charge in [-0.15, -0.1) is 0 Å². The van der Waals surface area contributed by atoms with Crippen molar-refractivity contribution in [3.63, 3.8) is 0 Å². The number of carbonyl (C=O) groups excluding carboxylic acids is 3. The predicted octanol–water partition coefficient (Wildman–Crippen LogP) is 3.38. The number of amides is 4. The maximum Gasteiger partial charge on any atom is 0.416 e. The van der Waals surface area contributed by atoms with Crippen LogP contribution < -0.4 is 10.6 Å². The second kappa shape index (κ2) is 7.68. The number of alkyl halides is 3. The number of nitrogens with one attached hydrogen (secondary N) is 2. The summed E-state index contributed by atoms with van der Waals surface area (Å²) in [4.78, 5) is 38.5. The van der Waals surface area contributed by atoms with Crippen LogP contribution in [0.5, 0.6) is 0 Å². The van der Waals surface area contributed by atoms with E-state index in [1.54, 1.807) is 6.92 Å². The Bertz CT molecular complexity index is 827. The zero-order valence-electron chi connectivity index (χ0n) is 16.3. The Morgan fingerprint density at radius 2 is 2.07 bits per heavy atom. The first-order valence-electron chi connectivity index (χ1n) is 9.65. The summed E-state index contributed by atoms with van der Waals surface area (Å²) < 4.78 is 38.6. The molecule has 4 amide bonds. The van der Waals surface area contributed by atoms with E-state index in [4.69, 9.17) is 0 Å². The van der Waals surface area contributed by atoms with E-state index < -0.39 is 47.7 Å². The third-order valence-corrected chi connectivity index (χ3v) is 5.89. The quantitative estimate of drug-likeness (QED) is 0.746. The van der Waals surface area contributed by atoms with Crippen LogP contribution in [0.3, 0.4) is 0 Å². The van der Waals surface area contributed by atoms with Crippen molar-refractivity contribution < 1.29 is 27.6 Å². The Morgan fingerprint density at radius 3 is 2.72 bits per heavy atom. The molecule has 1 heterocycles. The molecule has 1 aliphatic heterocycles. The van der Waals surface area contributed by atoms with Crippen LogP contribution in [0.1, 0.15) is 56.7 Å². The molecule has 1 aromatic carbocycles. The van der Waals surface area contributed by atoms with Crippen LogP contribution in [0.15, 0.2) is 24.3 Å². The molecule has 9 heteroatoms. The molecule has 1 spiro atoms. The Kier molecular flexibility index (Phi) is 5.60. The zero-order valence-corrected chi connectivity index (χ0v) is 16.3. The molecule has 0 bridgehead atoms. The number of rotatable bonds is 4.